The summed E-state index contributed by atoms with van der Waals surface area (Å²) in [6.07, 6.45) is 0.761. The molecule has 1 unspecified atom stereocenters. The molecule has 1 aromatic heterocycles. The number of H-pyrrole nitrogens is 1. The standard InChI is InChI=1S/C26H24ClN3O2/c1-29(19-6-4-3-5-7-19)26(31)30-15-14-21-22-16-18(27)10-13-23(22)28-24(21)25(30)17-8-11-20(32-2)12-9-17/h3-13,16,25,28H,14-15H2,1-2H3. The Hall–Kier alpha value is -3.44. The number of para-hydroxylation sites is 1. The summed E-state index contributed by atoms with van der Waals surface area (Å²) in [5, 5.41) is 1.83. The first-order chi connectivity index (χ1) is 15.6. The Balaban J connectivity index is 1.62. The van der Waals surface area contributed by atoms with Crippen molar-refractivity contribution < 1.29 is 9.53 Å². The summed E-state index contributed by atoms with van der Waals surface area (Å²) in [7, 11) is 3.48. The second-order valence-electron chi connectivity index (χ2n) is 8.00. The van der Waals surface area contributed by atoms with Crippen LogP contribution in [0.25, 0.3) is 10.9 Å². The molecule has 0 aliphatic carbocycles. The molecule has 4 aromatic rings. The Labute approximate surface area is 192 Å². The molecule has 0 spiro atoms. The molecule has 5 rings (SSSR count). The fraction of sp³-hybridized carbons (Fsp3) is 0.192. The maximum Gasteiger partial charge on any atom is 0.325 e. The molecular weight excluding hydrogens is 422 g/mol. The topological polar surface area (TPSA) is 48.6 Å². The van der Waals surface area contributed by atoms with Crippen LogP contribution in [0.5, 0.6) is 5.75 Å². The summed E-state index contributed by atoms with van der Waals surface area (Å²) >= 11 is 6.29. The number of aromatic amines is 1. The summed E-state index contributed by atoms with van der Waals surface area (Å²) in [4.78, 5) is 20.9. The van der Waals surface area contributed by atoms with Crippen LogP contribution in [0.15, 0.2) is 72.8 Å². The van der Waals surface area contributed by atoms with Crippen LogP contribution in [0.1, 0.15) is 22.9 Å². The van der Waals surface area contributed by atoms with Gasteiger partial charge in [0, 0.05) is 40.9 Å². The Morgan fingerprint density at radius 2 is 1.84 bits per heavy atom. The number of nitrogens with one attached hydrogen (secondary N) is 1. The van der Waals surface area contributed by atoms with Crippen molar-refractivity contribution in [2.24, 2.45) is 0 Å². The number of aromatic nitrogens is 1. The molecule has 3 aromatic carbocycles. The normalized spacial score (nSPS) is 15.5. The smallest absolute Gasteiger partial charge is 0.325 e. The molecule has 1 aliphatic heterocycles. The Morgan fingerprint density at radius 3 is 2.56 bits per heavy atom. The number of amides is 2. The van der Waals surface area contributed by atoms with Gasteiger partial charge in [0.15, 0.2) is 0 Å². The van der Waals surface area contributed by atoms with E-state index in [9.17, 15) is 4.79 Å². The third kappa shape index (κ3) is 3.49. The summed E-state index contributed by atoms with van der Waals surface area (Å²) in [5.41, 5.74) is 5.17. The lowest BCUT2D eigenvalue weighted by Gasteiger charge is -2.38. The number of rotatable bonds is 3. The largest absolute Gasteiger partial charge is 0.497 e. The van der Waals surface area contributed by atoms with Crippen LogP contribution in [0, 0.1) is 0 Å². The van der Waals surface area contributed by atoms with Gasteiger partial charge in [-0.2, -0.15) is 0 Å². The molecule has 1 atom stereocenters. The number of methoxy groups -OCH3 is 1. The van der Waals surface area contributed by atoms with E-state index in [2.05, 4.69) is 4.98 Å². The zero-order valence-electron chi connectivity index (χ0n) is 18.0. The average Bonchev–Trinajstić information content (AvgIpc) is 3.21. The number of hydrogen-bond acceptors (Lipinski definition) is 2. The minimum absolute atomic E-state index is 0.0423. The van der Waals surface area contributed by atoms with E-state index in [-0.39, 0.29) is 12.1 Å². The Bertz CT molecular complexity index is 1270. The SMILES string of the molecule is COc1ccc(C2c3[nH]c4ccc(Cl)cc4c3CCN2C(=O)N(C)c2ccccc2)cc1. The third-order valence-corrected chi connectivity index (χ3v) is 6.43. The number of hydrogen-bond donors (Lipinski definition) is 1. The van der Waals surface area contributed by atoms with Crippen LogP contribution in [0.2, 0.25) is 5.02 Å². The predicted molar refractivity (Wildman–Crippen MR) is 129 cm³/mol. The van der Waals surface area contributed by atoms with Crippen LogP contribution in [0.3, 0.4) is 0 Å². The van der Waals surface area contributed by atoms with E-state index in [1.165, 1.54) is 5.56 Å². The summed E-state index contributed by atoms with van der Waals surface area (Å²) < 4.78 is 5.35. The molecule has 5 nitrogen and oxygen atoms in total. The van der Waals surface area contributed by atoms with Crippen molar-refractivity contribution in [1.82, 2.24) is 9.88 Å². The second kappa shape index (κ2) is 8.24. The van der Waals surface area contributed by atoms with Gasteiger partial charge in [0.25, 0.3) is 0 Å². The number of fused-ring (bicyclic) bond motifs is 3. The highest BCUT2D eigenvalue weighted by molar-refractivity contribution is 6.31. The molecule has 162 valence electrons. The van der Waals surface area contributed by atoms with E-state index in [4.69, 9.17) is 16.3 Å². The number of carbonyl (C=O) groups excluding carboxylic acids is 1. The van der Waals surface area contributed by atoms with Gasteiger partial charge in [0.1, 0.15) is 5.75 Å². The number of ether oxygens (including phenoxy) is 1. The molecule has 2 amide bonds. The zero-order valence-corrected chi connectivity index (χ0v) is 18.8. The van der Waals surface area contributed by atoms with E-state index >= 15 is 0 Å². The molecule has 0 fully saturated rings. The highest BCUT2D eigenvalue weighted by Gasteiger charge is 2.36. The van der Waals surface area contributed by atoms with Gasteiger partial charge in [0.2, 0.25) is 0 Å². The lowest BCUT2D eigenvalue weighted by atomic mass is 9.92. The van der Waals surface area contributed by atoms with Crippen molar-refractivity contribution in [3.63, 3.8) is 0 Å². The van der Waals surface area contributed by atoms with Crippen LogP contribution in [-0.2, 0) is 6.42 Å². The van der Waals surface area contributed by atoms with E-state index in [1.807, 2.05) is 84.7 Å². The maximum absolute atomic E-state index is 13.7. The molecule has 0 saturated heterocycles. The van der Waals surface area contributed by atoms with Crippen molar-refractivity contribution >= 4 is 34.2 Å². The van der Waals surface area contributed by atoms with Crippen LogP contribution in [-0.4, -0.2) is 36.6 Å². The van der Waals surface area contributed by atoms with Gasteiger partial charge in [-0.25, -0.2) is 4.79 Å². The first-order valence-corrected chi connectivity index (χ1v) is 11.0. The maximum atomic E-state index is 13.7. The summed E-state index contributed by atoms with van der Waals surface area (Å²) in [6, 6.07) is 23.3. The Morgan fingerprint density at radius 1 is 1.09 bits per heavy atom. The van der Waals surface area contributed by atoms with Crippen LogP contribution >= 0.6 is 11.6 Å². The van der Waals surface area contributed by atoms with Crippen molar-refractivity contribution in [1.29, 1.82) is 0 Å². The van der Waals surface area contributed by atoms with Crippen molar-refractivity contribution in [3.8, 4) is 5.75 Å². The Kier molecular flexibility index (Phi) is 5.27. The van der Waals surface area contributed by atoms with Gasteiger partial charge in [-0.15, -0.1) is 0 Å². The highest BCUT2D eigenvalue weighted by Crippen LogP contribution is 2.40. The molecule has 1 aliphatic rings. The minimum atomic E-state index is -0.241. The molecular formula is C26H24ClN3O2. The summed E-state index contributed by atoms with van der Waals surface area (Å²) in [6.45, 7) is 0.610. The van der Waals surface area contributed by atoms with E-state index in [0.29, 0.717) is 11.6 Å². The number of urea groups is 1. The summed E-state index contributed by atoms with van der Waals surface area (Å²) in [5.74, 6) is 0.785. The first-order valence-electron chi connectivity index (χ1n) is 10.6. The minimum Gasteiger partial charge on any atom is -0.497 e. The lowest BCUT2D eigenvalue weighted by Crippen LogP contribution is -2.46. The van der Waals surface area contributed by atoms with E-state index < -0.39 is 0 Å². The molecule has 1 N–H and O–H groups in total. The average molecular weight is 446 g/mol. The fourth-order valence-corrected chi connectivity index (χ4v) is 4.73. The van der Waals surface area contributed by atoms with Gasteiger partial charge in [-0.3, -0.25) is 4.90 Å². The number of anilines is 1. The van der Waals surface area contributed by atoms with E-state index in [0.717, 1.165) is 40.0 Å². The van der Waals surface area contributed by atoms with Gasteiger partial charge in [-0.1, -0.05) is 41.9 Å². The van der Waals surface area contributed by atoms with Crippen molar-refractivity contribution in [2.45, 2.75) is 12.5 Å². The lowest BCUT2D eigenvalue weighted by molar-refractivity contribution is 0.187. The number of carbonyl (C=O) groups is 1. The quantitative estimate of drug-likeness (QED) is 0.418. The molecule has 6 heteroatoms. The molecule has 32 heavy (non-hydrogen) atoms. The van der Waals surface area contributed by atoms with Gasteiger partial charge < -0.3 is 14.6 Å². The van der Waals surface area contributed by atoms with E-state index in [1.54, 1.807) is 12.0 Å². The predicted octanol–water partition coefficient (Wildman–Crippen LogP) is 6.03. The number of nitrogens with zero attached hydrogens (tertiary/aromatic N) is 2. The molecule has 0 saturated carbocycles. The van der Waals surface area contributed by atoms with Crippen LogP contribution in [0.4, 0.5) is 10.5 Å². The molecule has 2 heterocycles. The van der Waals surface area contributed by atoms with Crippen molar-refractivity contribution in [2.75, 3.05) is 25.6 Å². The second-order valence-corrected chi connectivity index (χ2v) is 8.44. The van der Waals surface area contributed by atoms with Gasteiger partial charge in [-0.05, 0) is 60.0 Å². The first kappa shape index (κ1) is 20.5. The monoisotopic (exact) mass is 445 g/mol. The van der Waals surface area contributed by atoms with Crippen LogP contribution < -0.4 is 9.64 Å². The molecule has 0 bridgehead atoms. The zero-order chi connectivity index (χ0) is 22.2. The molecule has 0 radical (unpaired) electrons. The number of benzene rings is 3. The fourth-order valence-electron chi connectivity index (χ4n) is 4.55. The number of halogens is 1. The van der Waals surface area contributed by atoms with Crippen molar-refractivity contribution in [3.05, 3.63) is 94.6 Å². The van der Waals surface area contributed by atoms with Gasteiger partial charge >= 0.3 is 6.03 Å². The third-order valence-electron chi connectivity index (χ3n) is 6.20. The van der Waals surface area contributed by atoms with Gasteiger partial charge in [0.05, 0.1) is 13.2 Å². The highest BCUT2D eigenvalue weighted by atomic mass is 35.5.